The Balaban J connectivity index is 1.71. The summed E-state index contributed by atoms with van der Waals surface area (Å²) < 4.78 is 11.7. The topological polar surface area (TPSA) is 80.0 Å². The molecular weight excluding hydrogens is 370 g/mol. The average molecular weight is 391 g/mol. The Labute approximate surface area is 167 Å². The first-order valence-corrected chi connectivity index (χ1v) is 9.82. The predicted octanol–water partition coefficient (Wildman–Crippen LogP) is 3.53. The zero-order chi connectivity index (χ0) is 20.1. The first-order chi connectivity index (χ1) is 14.0. The van der Waals surface area contributed by atoms with Crippen molar-refractivity contribution in [2.75, 3.05) is 13.2 Å². The Bertz CT molecular complexity index is 1160. The summed E-state index contributed by atoms with van der Waals surface area (Å²) in [5, 5.41) is 10.2. The lowest BCUT2D eigenvalue weighted by Gasteiger charge is -2.27. The molecule has 1 amide bonds. The highest BCUT2D eigenvalue weighted by atomic mass is 16.5. The summed E-state index contributed by atoms with van der Waals surface area (Å²) in [6, 6.07) is 11.4. The number of carbonyl (C=O) groups is 1. The number of nitrogens with zero attached hydrogens (tertiary/aromatic N) is 1. The Morgan fingerprint density at radius 1 is 1.14 bits per heavy atom. The summed E-state index contributed by atoms with van der Waals surface area (Å²) in [6.07, 6.45) is 1.79. The van der Waals surface area contributed by atoms with Crippen LogP contribution in [-0.4, -0.2) is 35.2 Å². The molecule has 5 rings (SSSR count). The van der Waals surface area contributed by atoms with Crippen molar-refractivity contribution in [3.05, 3.63) is 75.1 Å². The number of aryl methyl sites for hydroxylation is 1. The number of hydrogen-bond donors (Lipinski definition) is 1. The molecule has 1 N–H and O–H groups in total. The zero-order valence-corrected chi connectivity index (χ0v) is 16.1. The van der Waals surface area contributed by atoms with Gasteiger partial charge in [-0.15, -0.1) is 0 Å². The standard InChI is InChI=1S/C23H21NO5/c1-13-4-9-18-17(11-13)21(26)19-20(14-5-7-15(25)8-6-14)24(23(27)22(19)29-18)12-16-3-2-10-28-16/h4-9,11,16,20,25H,2-3,10,12H2,1H3/t16-,20+/m0/s1. The maximum Gasteiger partial charge on any atom is 0.291 e. The number of benzene rings is 2. The van der Waals surface area contributed by atoms with Crippen LogP contribution in [0, 0.1) is 6.92 Å². The first-order valence-electron chi connectivity index (χ1n) is 9.82. The fourth-order valence-corrected chi connectivity index (χ4v) is 4.33. The molecule has 0 radical (unpaired) electrons. The monoisotopic (exact) mass is 391 g/mol. The first kappa shape index (κ1) is 17.9. The van der Waals surface area contributed by atoms with Crippen LogP contribution < -0.4 is 5.43 Å². The number of ether oxygens (including phenoxy) is 1. The molecule has 1 saturated heterocycles. The summed E-state index contributed by atoms with van der Waals surface area (Å²) in [7, 11) is 0. The minimum Gasteiger partial charge on any atom is -0.508 e. The van der Waals surface area contributed by atoms with Gasteiger partial charge in [-0.05, 0) is 49.6 Å². The van der Waals surface area contributed by atoms with E-state index < -0.39 is 6.04 Å². The second-order valence-corrected chi connectivity index (χ2v) is 7.76. The summed E-state index contributed by atoms with van der Waals surface area (Å²) in [4.78, 5) is 28.4. The van der Waals surface area contributed by atoms with Crippen LogP contribution in [-0.2, 0) is 4.74 Å². The fourth-order valence-electron chi connectivity index (χ4n) is 4.33. The van der Waals surface area contributed by atoms with E-state index >= 15 is 0 Å². The van der Waals surface area contributed by atoms with Gasteiger partial charge in [-0.1, -0.05) is 23.8 Å². The van der Waals surface area contributed by atoms with E-state index in [0.717, 1.165) is 24.0 Å². The third-order valence-corrected chi connectivity index (χ3v) is 5.75. The van der Waals surface area contributed by atoms with Gasteiger partial charge in [0.2, 0.25) is 5.76 Å². The second-order valence-electron chi connectivity index (χ2n) is 7.76. The number of fused-ring (bicyclic) bond motifs is 2. The number of amides is 1. The SMILES string of the molecule is Cc1ccc2oc3c(c(=O)c2c1)[C@@H](c1ccc(O)cc1)N(C[C@@H]1CCCO1)C3=O. The zero-order valence-electron chi connectivity index (χ0n) is 16.1. The fraction of sp³-hybridized carbons (Fsp3) is 0.304. The molecule has 0 aliphatic carbocycles. The molecule has 2 aliphatic rings. The molecule has 0 bridgehead atoms. The highest BCUT2D eigenvalue weighted by Gasteiger charge is 2.43. The molecule has 0 spiro atoms. The molecular formula is C23H21NO5. The van der Waals surface area contributed by atoms with Crippen LogP contribution in [0.2, 0.25) is 0 Å². The molecule has 148 valence electrons. The van der Waals surface area contributed by atoms with Crippen molar-refractivity contribution >= 4 is 16.9 Å². The lowest BCUT2D eigenvalue weighted by Crippen LogP contribution is -2.36. The van der Waals surface area contributed by atoms with E-state index in [9.17, 15) is 14.7 Å². The maximum atomic E-state index is 13.4. The van der Waals surface area contributed by atoms with Gasteiger partial charge in [0.25, 0.3) is 5.91 Å². The highest BCUT2D eigenvalue weighted by molar-refractivity contribution is 5.99. The molecule has 3 heterocycles. The number of phenolic OH excluding ortho intramolecular Hbond substituents is 1. The van der Waals surface area contributed by atoms with Crippen molar-refractivity contribution in [3.8, 4) is 5.75 Å². The van der Waals surface area contributed by atoms with E-state index in [1.165, 1.54) is 0 Å². The van der Waals surface area contributed by atoms with Gasteiger partial charge in [-0.3, -0.25) is 9.59 Å². The van der Waals surface area contributed by atoms with Gasteiger partial charge in [-0.25, -0.2) is 0 Å². The van der Waals surface area contributed by atoms with Gasteiger partial charge in [0, 0.05) is 13.2 Å². The molecule has 2 aliphatic heterocycles. The van der Waals surface area contributed by atoms with E-state index in [0.29, 0.717) is 29.7 Å². The quantitative estimate of drug-likeness (QED) is 0.739. The lowest BCUT2D eigenvalue weighted by molar-refractivity contribution is 0.0486. The van der Waals surface area contributed by atoms with Gasteiger partial charge in [0.1, 0.15) is 11.3 Å². The van der Waals surface area contributed by atoms with E-state index in [4.69, 9.17) is 9.15 Å². The van der Waals surface area contributed by atoms with Crippen LogP contribution >= 0.6 is 0 Å². The van der Waals surface area contributed by atoms with Gasteiger partial charge < -0.3 is 19.2 Å². The van der Waals surface area contributed by atoms with E-state index in [1.807, 2.05) is 13.0 Å². The molecule has 29 heavy (non-hydrogen) atoms. The molecule has 6 nitrogen and oxygen atoms in total. The van der Waals surface area contributed by atoms with E-state index in [2.05, 4.69) is 0 Å². The van der Waals surface area contributed by atoms with Gasteiger partial charge in [0.15, 0.2) is 5.43 Å². The number of phenols is 1. The number of hydrogen-bond acceptors (Lipinski definition) is 5. The normalized spacial score (nSPS) is 21.1. The van der Waals surface area contributed by atoms with Crippen LogP contribution in [0.3, 0.4) is 0 Å². The van der Waals surface area contributed by atoms with Gasteiger partial charge >= 0.3 is 0 Å². The van der Waals surface area contributed by atoms with E-state index in [-0.39, 0.29) is 28.9 Å². The van der Waals surface area contributed by atoms with Crippen LogP contribution in [0.1, 0.15) is 46.1 Å². The smallest absolute Gasteiger partial charge is 0.291 e. The summed E-state index contributed by atoms with van der Waals surface area (Å²) in [5.74, 6) is -0.0688. The molecule has 3 aromatic rings. The molecule has 2 atom stereocenters. The molecule has 1 aromatic heterocycles. The predicted molar refractivity (Wildman–Crippen MR) is 107 cm³/mol. The molecule has 6 heteroatoms. The number of rotatable bonds is 3. The summed E-state index contributed by atoms with van der Waals surface area (Å²) >= 11 is 0. The van der Waals surface area contributed by atoms with E-state index in [1.54, 1.807) is 41.3 Å². The highest BCUT2D eigenvalue weighted by Crippen LogP contribution is 2.39. The van der Waals surface area contributed by atoms with Crippen molar-refractivity contribution in [2.45, 2.75) is 31.9 Å². The van der Waals surface area contributed by atoms with Crippen molar-refractivity contribution in [3.63, 3.8) is 0 Å². The van der Waals surface area contributed by atoms with Crippen molar-refractivity contribution in [2.24, 2.45) is 0 Å². The minimum absolute atomic E-state index is 0.0559. The summed E-state index contributed by atoms with van der Waals surface area (Å²) in [6.45, 7) is 2.99. The largest absolute Gasteiger partial charge is 0.508 e. The third kappa shape index (κ3) is 2.91. The third-order valence-electron chi connectivity index (χ3n) is 5.75. The Morgan fingerprint density at radius 2 is 1.93 bits per heavy atom. The maximum absolute atomic E-state index is 13.4. The Hall–Kier alpha value is -3.12. The van der Waals surface area contributed by atoms with Crippen molar-refractivity contribution in [1.29, 1.82) is 0 Å². The van der Waals surface area contributed by atoms with Crippen molar-refractivity contribution in [1.82, 2.24) is 4.90 Å². The minimum atomic E-state index is -0.566. The van der Waals surface area contributed by atoms with Crippen LogP contribution in [0.4, 0.5) is 0 Å². The molecule has 2 aromatic carbocycles. The number of carbonyl (C=O) groups excluding carboxylic acids is 1. The lowest BCUT2D eigenvalue weighted by atomic mass is 9.98. The van der Waals surface area contributed by atoms with Gasteiger partial charge in [-0.2, -0.15) is 0 Å². The van der Waals surface area contributed by atoms with Gasteiger partial charge in [0.05, 0.1) is 23.1 Å². The number of aromatic hydroxyl groups is 1. The Morgan fingerprint density at radius 3 is 2.66 bits per heavy atom. The van der Waals surface area contributed by atoms with Crippen LogP contribution in [0.25, 0.3) is 11.0 Å². The van der Waals surface area contributed by atoms with Crippen molar-refractivity contribution < 1.29 is 19.1 Å². The molecule has 0 unspecified atom stereocenters. The second kappa shape index (κ2) is 6.74. The Kier molecular flexibility index (Phi) is 4.17. The molecule has 0 saturated carbocycles. The summed E-state index contributed by atoms with van der Waals surface area (Å²) in [5.41, 5.74) is 2.29. The average Bonchev–Trinajstić information content (AvgIpc) is 3.32. The van der Waals surface area contributed by atoms with Crippen LogP contribution in [0.15, 0.2) is 51.7 Å². The van der Waals surface area contributed by atoms with Crippen LogP contribution in [0.5, 0.6) is 5.75 Å². The molecule has 1 fully saturated rings.